The van der Waals surface area contributed by atoms with Crippen LogP contribution in [0, 0.1) is 12.3 Å². The van der Waals surface area contributed by atoms with Crippen LogP contribution >= 0.6 is 11.3 Å². The first-order valence-electron chi connectivity index (χ1n) is 4.38. The largest absolute Gasteiger partial charge is 0.347 e. The Bertz CT molecular complexity index is 354. The van der Waals surface area contributed by atoms with Crippen LogP contribution in [0.15, 0.2) is 11.4 Å². The van der Waals surface area contributed by atoms with Gasteiger partial charge in [0.25, 0.3) is 0 Å². The Kier molecular flexibility index (Phi) is 1.74. The van der Waals surface area contributed by atoms with Crippen molar-refractivity contribution in [2.24, 2.45) is 5.41 Å². The molecule has 0 bridgehead atoms. The molecular formula is C10H13NOS. The molecule has 0 aliphatic carbocycles. The highest BCUT2D eigenvalue weighted by Gasteiger charge is 2.48. The number of β-lactam (4-membered cyclic amide) rings is 1. The summed E-state index contributed by atoms with van der Waals surface area (Å²) in [6.07, 6.45) is 0. The molecule has 13 heavy (non-hydrogen) atoms. The van der Waals surface area contributed by atoms with Gasteiger partial charge in [0.15, 0.2) is 0 Å². The van der Waals surface area contributed by atoms with Crippen LogP contribution in [0.1, 0.15) is 30.3 Å². The molecule has 1 N–H and O–H groups in total. The molecular weight excluding hydrogens is 182 g/mol. The molecule has 2 rings (SSSR count). The normalized spacial score (nSPS) is 25.2. The lowest BCUT2D eigenvalue weighted by Crippen LogP contribution is -2.57. The van der Waals surface area contributed by atoms with Gasteiger partial charge in [-0.3, -0.25) is 4.79 Å². The predicted octanol–water partition coefficient (Wildman–Crippen LogP) is 2.25. The molecule has 2 heterocycles. The standard InChI is InChI=1S/C10H13NOS/c1-6-4-5-13-7(6)8-10(2,3)9(12)11-8/h4-5,8H,1-3H3,(H,11,12). The Labute approximate surface area is 82.0 Å². The summed E-state index contributed by atoms with van der Waals surface area (Å²) in [7, 11) is 0. The van der Waals surface area contributed by atoms with Crippen molar-refractivity contribution in [2.75, 3.05) is 0 Å². The van der Waals surface area contributed by atoms with Crippen molar-refractivity contribution >= 4 is 17.2 Å². The van der Waals surface area contributed by atoms with E-state index in [0.29, 0.717) is 0 Å². The fraction of sp³-hybridized carbons (Fsp3) is 0.500. The van der Waals surface area contributed by atoms with Crippen molar-refractivity contribution in [3.05, 3.63) is 21.9 Å². The SMILES string of the molecule is Cc1ccsc1C1NC(=O)C1(C)C. The summed E-state index contributed by atoms with van der Waals surface area (Å²) in [5, 5.41) is 5.02. The van der Waals surface area contributed by atoms with E-state index in [2.05, 4.69) is 23.7 Å². The maximum atomic E-state index is 11.3. The van der Waals surface area contributed by atoms with Crippen LogP contribution < -0.4 is 5.32 Å². The molecule has 70 valence electrons. The van der Waals surface area contributed by atoms with Crippen LogP contribution in [0.2, 0.25) is 0 Å². The van der Waals surface area contributed by atoms with Crippen molar-refractivity contribution < 1.29 is 4.79 Å². The predicted molar refractivity (Wildman–Crippen MR) is 53.7 cm³/mol. The lowest BCUT2D eigenvalue weighted by Gasteiger charge is -2.43. The van der Waals surface area contributed by atoms with E-state index in [1.54, 1.807) is 11.3 Å². The molecule has 1 amide bonds. The Morgan fingerprint density at radius 2 is 2.23 bits per heavy atom. The zero-order valence-electron chi connectivity index (χ0n) is 8.05. The zero-order chi connectivity index (χ0) is 9.64. The lowest BCUT2D eigenvalue weighted by molar-refractivity contribution is -0.142. The average molecular weight is 195 g/mol. The van der Waals surface area contributed by atoms with E-state index in [1.165, 1.54) is 10.4 Å². The number of rotatable bonds is 1. The van der Waals surface area contributed by atoms with E-state index in [1.807, 2.05) is 13.8 Å². The van der Waals surface area contributed by atoms with Gasteiger partial charge in [-0.25, -0.2) is 0 Å². The first-order valence-corrected chi connectivity index (χ1v) is 5.26. The summed E-state index contributed by atoms with van der Waals surface area (Å²) in [6, 6.07) is 2.32. The quantitative estimate of drug-likeness (QED) is 0.684. The van der Waals surface area contributed by atoms with E-state index in [4.69, 9.17) is 0 Å². The van der Waals surface area contributed by atoms with E-state index >= 15 is 0 Å². The smallest absolute Gasteiger partial charge is 0.228 e. The van der Waals surface area contributed by atoms with Crippen LogP contribution in [0.25, 0.3) is 0 Å². The zero-order valence-corrected chi connectivity index (χ0v) is 8.87. The van der Waals surface area contributed by atoms with Gasteiger partial charge in [0.1, 0.15) is 0 Å². The van der Waals surface area contributed by atoms with Gasteiger partial charge in [-0.1, -0.05) is 0 Å². The van der Waals surface area contributed by atoms with Crippen molar-refractivity contribution in [1.29, 1.82) is 0 Å². The fourth-order valence-corrected chi connectivity index (χ4v) is 2.79. The summed E-state index contributed by atoms with van der Waals surface area (Å²) in [6.45, 7) is 6.08. The molecule has 2 nitrogen and oxygen atoms in total. The Hall–Kier alpha value is -0.830. The molecule has 0 aromatic carbocycles. The van der Waals surface area contributed by atoms with Gasteiger partial charge in [-0.15, -0.1) is 11.3 Å². The van der Waals surface area contributed by atoms with Crippen LogP contribution in [-0.2, 0) is 4.79 Å². The summed E-state index contributed by atoms with van der Waals surface area (Å²) < 4.78 is 0. The number of hydrogen-bond donors (Lipinski definition) is 1. The molecule has 0 saturated carbocycles. The minimum Gasteiger partial charge on any atom is -0.347 e. The van der Waals surface area contributed by atoms with Gasteiger partial charge >= 0.3 is 0 Å². The first-order chi connectivity index (χ1) is 6.03. The molecule has 1 unspecified atom stereocenters. The van der Waals surface area contributed by atoms with E-state index in [-0.39, 0.29) is 17.4 Å². The number of amides is 1. The highest BCUT2D eigenvalue weighted by molar-refractivity contribution is 7.10. The molecule has 0 spiro atoms. The molecule has 0 radical (unpaired) electrons. The van der Waals surface area contributed by atoms with Crippen molar-refractivity contribution in [1.82, 2.24) is 5.32 Å². The summed E-state index contributed by atoms with van der Waals surface area (Å²) >= 11 is 1.72. The van der Waals surface area contributed by atoms with Gasteiger partial charge in [-0.05, 0) is 37.8 Å². The van der Waals surface area contributed by atoms with Gasteiger partial charge in [-0.2, -0.15) is 0 Å². The average Bonchev–Trinajstić information content (AvgIpc) is 2.47. The number of nitrogens with one attached hydrogen (secondary N) is 1. The van der Waals surface area contributed by atoms with E-state index in [0.717, 1.165) is 0 Å². The third kappa shape index (κ3) is 1.10. The van der Waals surface area contributed by atoms with Crippen LogP contribution in [-0.4, -0.2) is 5.91 Å². The number of carbonyl (C=O) groups excluding carboxylic acids is 1. The molecule has 1 saturated heterocycles. The Morgan fingerprint density at radius 1 is 1.54 bits per heavy atom. The maximum Gasteiger partial charge on any atom is 0.228 e. The fourth-order valence-electron chi connectivity index (χ4n) is 1.62. The number of aryl methyl sites for hydroxylation is 1. The monoisotopic (exact) mass is 195 g/mol. The highest BCUT2D eigenvalue weighted by atomic mass is 32.1. The number of carbonyl (C=O) groups is 1. The Balaban J connectivity index is 2.31. The second kappa shape index (κ2) is 2.58. The lowest BCUT2D eigenvalue weighted by atomic mass is 9.75. The van der Waals surface area contributed by atoms with E-state index < -0.39 is 0 Å². The molecule has 1 fully saturated rings. The van der Waals surface area contributed by atoms with Crippen LogP contribution in [0.4, 0.5) is 0 Å². The van der Waals surface area contributed by atoms with Gasteiger partial charge in [0.05, 0.1) is 11.5 Å². The molecule has 1 atom stereocenters. The summed E-state index contributed by atoms with van der Waals surface area (Å²) in [5.41, 5.74) is 1.05. The first kappa shape index (κ1) is 8.75. The second-order valence-electron chi connectivity index (χ2n) is 4.10. The van der Waals surface area contributed by atoms with Crippen molar-refractivity contribution in [2.45, 2.75) is 26.8 Å². The van der Waals surface area contributed by atoms with Crippen molar-refractivity contribution in [3.8, 4) is 0 Å². The number of thiophene rings is 1. The highest BCUT2D eigenvalue weighted by Crippen LogP contribution is 2.44. The topological polar surface area (TPSA) is 29.1 Å². The Morgan fingerprint density at radius 3 is 2.62 bits per heavy atom. The molecule has 1 aliphatic rings. The molecule has 1 aromatic heterocycles. The third-order valence-corrected chi connectivity index (χ3v) is 3.83. The van der Waals surface area contributed by atoms with Gasteiger partial charge in [0, 0.05) is 4.88 Å². The minimum absolute atomic E-state index is 0.158. The van der Waals surface area contributed by atoms with Crippen LogP contribution in [0.5, 0.6) is 0 Å². The molecule has 1 aliphatic heterocycles. The number of hydrogen-bond acceptors (Lipinski definition) is 2. The van der Waals surface area contributed by atoms with Crippen molar-refractivity contribution in [3.63, 3.8) is 0 Å². The minimum atomic E-state index is -0.227. The second-order valence-corrected chi connectivity index (χ2v) is 5.04. The third-order valence-electron chi connectivity index (χ3n) is 2.75. The summed E-state index contributed by atoms with van der Waals surface area (Å²) in [5.74, 6) is 0.158. The maximum absolute atomic E-state index is 11.3. The molecule has 3 heteroatoms. The van der Waals surface area contributed by atoms with E-state index in [9.17, 15) is 4.79 Å². The molecule has 1 aromatic rings. The summed E-state index contributed by atoms with van der Waals surface area (Å²) in [4.78, 5) is 12.6. The van der Waals surface area contributed by atoms with Crippen LogP contribution in [0.3, 0.4) is 0 Å². The van der Waals surface area contributed by atoms with Gasteiger partial charge < -0.3 is 5.32 Å². The van der Waals surface area contributed by atoms with Gasteiger partial charge in [0.2, 0.25) is 5.91 Å².